The molecule has 18 heavy (non-hydrogen) atoms. The van der Waals surface area contributed by atoms with Gasteiger partial charge in [0.15, 0.2) is 5.41 Å². The maximum atomic E-state index is 11.1. The molecule has 1 unspecified atom stereocenters. The molecule has 0 bridgehead atoms. The van der Waals surface area contributed by atoms with E-state index < -0.39 is 11.4 Å². The summed E-state index contributed by atoms with van der Waals surface area (Å²) in [6.07, 6.45) is 0.225. The van der Waals surface area contributed by atoms with Crippen LogP contribution in [0, 0.1) is 16.7 Å². The highest BCUT2D eigenvalue weighted by atomic mass is 16.4. The smallest absolute Gasteiger partial charge is 0.324 e. The Morgan fingerprint density at radius 1 is 1.22 bits per heavy atom. The van der Waals surface area contributed by atoms with E-state index in [1.807, 2.05) is 30.3 Å². The van der Waals surface area contributed by atoms with Crippen molar-refractivity contribution in [3.63, 3.8) is 0 Å². The lowest BCUT2D eigenvalue weighted by molar-refractivity contribution is -0.144. The first-order valence-electron chi connectivity index (χ1n) is 5.93. The van der Waals surface area contributed by atoms with E-state index in [0.717, 1.165) is 5.56 Å². The monoisotopic (exact) mass is 245 g/mol. The van der Waals surface area contributed by atoms with Gasteiger partial charge < -0.3 is 5.11 Å². The van der Waals surface area contributed by atoms with Gasteiger partial charge in [-0.1, -0.05) is 45.0 Å². The van der Waals surface area contributed by atoms with Gasteiger partial charge in [0.25, 0.3) is 0 Å². The summed E-state index contributed by atoms with van der Waals surface area (Å²) in [6, 6.07) is 9.67. The predicted octanol–water partition coefficient (Wildman–Crippen LogP) is 3.14. The maximum absolute atomic E-state index is 11.1. The van der Waals surface area contributed by atoms with E-state index in [-0.39, 0.29) is 11.8 Å². The van der Waals surface area contributed by atoms with E-state index in [1.165, 1.54) is 12.5 Å². The van der Waals surface area contributed by atoms with Gasteiger partial charge in [-0.05, 0) is 23.5 Å². The lowest BCUT2D eigenvalue weighted by Crippen LogP contribution is -2.28. The summed E-state index contributed by atoms with van der Waals surface area (Å²) in [6.45, 7) is 7.82. The van der Waals surface area contributed by atoms with Gasteiger partial charge in [-0.2, -0.15) is 5.26 Å². The molecule has 1 aromatic rings. The minimum atomic E-state index is -1.36. The fourth-order valence-electron chi connectivity index (χ4n) is 1.69. The normalized spacial score (nSPS) is 14.6. The molecular formula is C15H19NO2. The molecule has 96 valence electrons. The molecule has 0 saturated heterocycles. The van der Waals surface area contributed by atoms with E-state index in [4.69, 9.17) is 10.4 Å². The minimum Gasteiger partial charge on any atom is -0.480 e. The highest BCUT2D eigenvalue weighted by molar-refractivity contribution is 5.77. The Morgan fingerprint density at radius 3 is 2.06 bits per heavy atom. The number of benzene rings is 1. The number of carbonyl (C=O) groups is 1. The van der Waals surface area contributed by atoms with Gasteiger partial charge in [0, 0.05) is 6.42 Å². The van der Waals surface area contributed by atoms with Crippen LogP contribution < -0.4 is 0 Å². The van der Waals surface area contributed by atoms with Crippen LogP contribution in [0.4, 0.5) is 0 Å². The molecule has 0 radical (unpaired) electrons. The zero-order valence-corrected chi connectivity index (χ0v) is 11.3. The van der Waals surface area contributed by atoms with Crippen molar-refractivity contribution in [1.82, 2.24) is 0 Å². The number of aliphatic carboxylic acids is 1. The quantitative estimate of drug-likeness (QED) is 0.889. The molecule has 1 rings (SSSR count). The summed E-state index contributed by atoms with van der Waals surface area (Å²) in [4.78, 5) is 11.1. The molecule has 3 nitrogen and oxygen atoms in total. The van der Waals surface area contributed by atoms with Crippen LogP contribution in [0.15, 0.2) is 24.3 Å². The summed E-state index contributed by atoms with van der Waals surface area (Å²) < 4.78 is 0. The van der Waals surface area contributed by atoms with Crippen LogP contribution in [0.3, 0.4) is 0 Å². The molecule has 1 atom stereocenters. The van der Waals surface area contributed by atoms with E-state index in [1.54, 1.807) is 0 Å². The molecule has 3 heteroatoms. The molecule has 0 aromatic heterocycles. The molecule has 0 aliphatic carbocycles. The Labute approximate surface area is 108 Å². The average molecular weight is 245 g/mol. The van der Waals surface area contributed by atoms with Gasteiger partial charge >= 0.3 is 5.97 Å². The van der Waals surface area contributed by atoms with Gasteiger partial charge in [0.2, 0.25) is 0 Å². The number of hydrogen-bond acceptors (Lipinski definition) is 2. The zero-order chi connectivity index (χ0) is 14.0. The summed E-state index contributed by atoms with van der Waals surface area (Å²) in [5, 5.41) is 18.0. The van der Waals surface area contributed by atoms with Gasteiger partial charge in [0.05, 0.1) is 6.07 Å². The lowest BCUT2D eigenvalue weighted by atomic mass is 9.83. The molecule has 0 amide bonds. The van der Waals surface area contributed by atoms with Crippen LogP contribution in [0.5, 0.6) is 0 Å². The Balaban J connectivity index is 2.95. The SMILES string of the molecule is CC(C#N)(Cc1ccc(C(C)(C)C)cc1)C(=O)O. The van der Waals surface area contributed by atoms with Gasteiger partial charge in [-0.15, -0.1) is 0 Å². The standard InChI is InChI=1S/C15H19NO2/c1-14(2,3)12-7-5-11(6-8-12)9-15(4,10-16)13(17)18/h5-8H,9H2,1-4H3,(H,17,18). The van der Waals surface area contributed by atoms with Crippen molar-refractivity contribution in [2.24, 2.45) is 5.41 Å². The van der Waals surface area contributed by atoms with Crippen LogP contribution in [-0.4, -0.2) is 11.1 Å². The van der Waals surface area contributed by atoms with Crippen molar-refractivity contribution < 1.29 is 9.90 Å². The third kappa shape index (κ3) is 3.10. The summed E-state index contributed by atoms with van der Waals surface area (Å²) in [5.41, 5.74) is 0.780. The summed E-state index contributed by atoms with van der Waals surface area (Å²) in [5.74, 6) is -1.08. The Bertz CT molecular complexity index is 477. The largest absolute Gasteiger partial charge is 0.480 e. The Hall–Kier alpha value is -1.82. The first kappa shape index (κ1) is 14.2. The van der Waals surface area contributed by atoms with Crippen molar-refractivity contribution in [3.05, 3.63) is 35.4 Å². The first-order chi connectivity index (χ1) is 8.19. The Kier molecular flexibility index (Phi) is 3.81. The minimum absolute atomic E-state index is 0.0733. The third-order valence-corrected chi connectivity index (χ3v) is 3.10. The summed E-state index contributed by atoms with van der Waals surface area (Å²) in [7, 11) is 0. The maximum Gasteiger partial charge on any atom is 0.324 e. The van der Waals surface area contributed by atoms with Crippen molar-refractivity contribution in [3.8, 4) is 6.07 Å². The van der Waals surface area contributed by atoms with Gasteiger partial charge in [-0.3, -0.25) is 4.79 Å². The highest BCUT2D eigenvalue weighted by Gasteiger charge is 2.33. The average Bonchev–Trinajstić information content (AvgIpc) is 2.28. The van der Waals surface area contributed by atoms with Crippen LogP contribution in [-0.2, 0) is 16.6 Å². The molecule has 0 heterocycles. The molecule has 0 spiro atoms. The lowest BCUT2D eigenvalue weighted by Gasteiger charge is -2.20. The number of carboxylic acids is 1. The van der Waals surface area contributed by atoms with Crippen molar-refractivity contribution in [2.75, 3.05) is 0 Å². The van der Waals surface area contributed by atoms with Gasteiger partial charge in [0.1, 0.15) is 0 Å². The molecule has 1 N–H and O–H groups in total. The summed E-state index contributed by atoms with van der Waals surface area (Å²) >= 11 is 0. The number of carboxylic acid groups (broad SMARTS) is 1. The second kappa shape index (κ2) is 4.81. The molecule has 0 saturated carbocycles. The van der Waals surface area contributed by atoms with E-state index >= 15 is 0 Å². The molecule has 0 aliphatic rings. The van der Waals surface area contributed by atoms with Crippen LogP contribution >= 0.6 is 0 Å². The molecular weight excluding hydrogens is 226 g/mol. The van der Waals surface area contributed by atoms with Gasteiger partial charge in [-0.25, -0.2) is 0 Å². The number of nitrogens with zero attached hydrogens (tertiary/aromatic N) is 1. The number of rotatable bonds is 3. The molecule has 1 aromatic carbocycles. The van der Waals surface area contributed by atoms with E-state index in [0.29, 0.717) is 0 Å². The molecule has 0 fully saturated rings. The predicted molar refractivity (Wildman–Crippen MR) is 70.2 cm³/mol. The second-order valence-corrected chi connectivity index (χ2v) is 5.87. The highest BCUT2D eigenvalue weighted by Crippen LogP contribution is 2.25. The van der Waals surface area contributed by atoms with Crippen LogP contribution in [0.2, 0.25) is 0 Å². The fourth-order valence-corrected chi connectivity index (χ4v) is 1.69. The first-order valence-corrected chi connectivity index (χ1v) is 5.93. The van der Waals surface area contributed by atoms with E-state index in [9.17, 15) is 4.79 Å². The van der Waals surface area contributed by atoms with E-state index in [2.05, 4.69) is 20.8 Å². The Morgan fingerprint density at radius 2 is 1.72 bits per heavy atom. The van der Waals surface area contributed by atoms with Crippen LogP contribution in [0.1, 0.15) is 38.8 Å². The van der Waals surface area contributed by atoms with Crippen LogP contribution in [0.25, 0.3) is 0 Å². The topological polar surface area (TPSA) is 61.1 Å². The second-order valence-electron chi connectivity index (χ2n) is 5.87. The van der Waals surface area contributed by atoms with Crippen molar-refractivity contribution in [1.29, 1.82) is 5.26 Å². The fraction of sp³-hybridized carbons (Fsp3) is 0.467. The number of hydrogen-bond donors (Lipinski definition) is 1. The van der Waals surface area contributed by atoms with Crippen molar-refractivity contribution in [2.45, 2.75) is 39.5 Å². The number of nitriles is 1. The zero-order valence-electron chi connectivity index (χ0n) is 11.3. The molecule has 0 aliphatic heterocycles. The third-order valence-electron chi connectivity index (χ3n) is 3.10. The van der Waals surface area contributed by atoms with Crippen molar-refractivity contribution >= 4 is 5.97 Å².